The Hall–Kier alpha value is -6.34. The molecule has 5 N–H and O–H groups in total. The number of aromatic carboxylic acids is 1. The lowest BCUT2D eigenvalue weighted by Crippen LogP contribution is -2.40. The molecule has 0 unspecified atom stereocenters. The van der Waals surface area contributed by atoms with E-state index in [1.54, 1.807) is 65.8 Å². The zero-order chi connectivity index (χ0) is 42.8. The first kappa shape index (κ1) is 44.4. The molecule has 304 valence electrons. The lowest BCUT2D eigenvalue weighted by atomic mass is 10.0. The molecule has 7 aromatic rings. The molecule has 6 heterocycles. The molecular formula is C33H30Br3N11O11. The zero-order valence-electron chi connectivity index (χ0n) is 31.1. The summed E-state index contributed by atoms with van der Waals surface area (Å²) < 4.78 is 31.7. The van der Waals surface area contributed by atoms with E-state index in [1.165, 1.54) is 6.92 Å². The van der Waals surface area contributed by atoms with Gasteiger partial charge in [0.05, 0.1) is 19.0 Å². The molecule has 3 amide bonds. The molecule has 0 fully saturated rings. The third kappa shape index (κ3) is 11.2. The predicted octanol–water partition coefficient (Wildman–Crippen LogP) is 6.18. The van der Waals surface area contributed by atoms with E-state index in [2.05, 4.69) is 104 Å². The van der Waals surface area contributed by atoms with Crippen molar-refractivity contribution in [2.24, 2.45) is 5.73 Å². The maximum Gasteiger partial charge on any atom is 0.359 e. The summed E-state index contributed by atoms with van der Waals surface area (Å²) in [6.45, 7) is 11.6. The van der Waals surface area contributed by atoms with Crippen LogP contribution in [0.3, 0.4) is 0 Å². The van der Waals surface area contributed by atoms with Crippen LogP contribution in [0.25, 0.3) is 34.3 Å². The van der Waals surface area contributed by atoms with E-state index in [1.807, 2.05) is 0 Å². The number of amides is 3. The standard InChI is InChI=1S/C14H12N4O3.C7H8BrN3O3.C7H6BrN3O2.C5H4BrNO3/c1-7-11(9-3-5-10(6-4-9)13(15)19)12(18-21-7)14-17-16-8(2)20-14;1-3-5(8)6(11-14-3)7(13)10-9-4(2)12;1-3-5(8)6(11-13-3)7-10-9-4(2)12-7;1-2-3(6)4(5(8)9)7-10-2/h3-6H,1-2H3,(H2,15,19);1-2H3,(H,9,12)(H,10,13);1-2H3;1H3,(H,8,9). The Balaban J connectivity index is 0.000000178. The Bertz CT molecular complexity index is 2550. The van der Waals surface area contributed by atoms with Crippen molar-refractivity contribution < 1.29 is 51.2 Å². The van der Waals surface area contributed by atoms with Gasteiger partial charge in [-0.05, 0) is 93.2 Å². The fourth-order valence-electron chi connectivity index (χ4n) is 4.14. The SMILES string of the molecule is CC(=O)NNC(=O)c1noc(C)c1Br.Cc1nnc(-c2noc(C)c2-c2ccc(C(N)=O)cc2)o1.Cc1nnc(-c2noc(C)c2Br)o1.Cc1onc(C(=O)O)c1Br. The number of hydrogen-bond donors (Lipinski definition) is 4. The molecule has 0 saturated heterocycles. The number of nitrogens with one attached hydrogen (secondary N) is 2. The molecule has 0 aliphatic heterocycles. The number of nitrogens with two attached hydrogens (primary N) is 1. The number of hydrazine groups is 1. The highest BCUT2D eigenvalue weighted by Gasteiger charge is 2.22. The van der Waals surface area contributed by atoms with Gasteiger partial charge in [-0.25, -0.2) is 4.79 Å². The van der Waals surface area contributed by atoms with Crippen molar-refractivity contribution in [2.45, 2.75) is 48.5 Å². The number of benzene rings is 1. The highest BCUT2D eigenvalue weighted by atomic mass is 79.9. The molecule has 1 aromatic carbocycles. The van der Waals surface area contributed by atoms with Crippen LogP contribution >= 0.6 is 47.8 Å². The summed E-state index contributed by atoms with van der Waals surface area (Å²) in [6, 6.07) is 6.83. The van der Waals surface area contributed by atoms with Crippen LogP contribution in [0.1, 0.15) is 73.1 Å². The number of hydrogen-bond acceptors (Lipinski definition) is 18. The number of carbonyl (C=O) groups is 4. The maximum atomic E-state index is 11.3. The molecule has 58 heavy (non-hydrogen) atoms. The number of carbonyl (C=O) groups excluding carboxylic acids is 3. The van der Waals surface area contributed by atoms with E-state index >= 15 is 0 Å². The second kappa shape index (κ2) is 19.7. The average Bonchev–Trinajstić information content (AvgIpc) is 4.05. The molecule has 22 nitrogen and oxygen atoms in total. The first-order chi connectivity index (χ1) is 27.4. The van der Waals surface area contributed by atoms with Crippen molar-refractivity contribution >= 4 is 71.5 Å². The molecular weight excluding hydrogens is 966 g/mol. The first-order valence-electron chi connectivity index (χ1n) is 16.0. The van der Waals surface area contributed by atoms with Crippen LogP contribution in [-0.4, -0.2) is 69.8 Å². The Labute approximate surface area is 351 Å². The van der Waals surface area contributed by atoms with Gasteiger partial charge in [0.25, 0.3) is 17.7 Å². The van der Waals surface area contributed by atoms with Crippen LogP contribution in [0.5, 0.6) is 0 Å². The minimum absolute atomic E-state index is 0.0856. The topological polar surface area (TPSA) is 321 Å². The van der Waals surface area contributed by atoms with Crippen molar-refractivity contribution in [3.8, 4) is 34.3 Å². The summed E-state index contributed by atoms with van der Waals surface area (Å²) >= 11 is 9.45. The number of nitrogens with zero attached hydrogens (tertiary/aromatic N) is 8. The molecule has 0 spiro atoms. The Morgan fingerprint density at radius 3 is 1.48 bits per heavy atom. The van der Waals surface area contributed by atoms with Crippen molar-refractivity contribution in [3.05, 3.63) is 89.5 Å². The number of rotatable bonds is 6. The van der Waals surface area contributed by atoms with Gasteiger partial charge < -0.3 is 37.8 Å². The average molecular weight is 996 g/mol. The highest BCUT2D eigenvalue weighted by Crippen LogP contribution is 2.34. The third-order valence-electron chi connectivity index (χ3n) is 6.92. The summed E-state index contributed by atoms with van der Waals surface area (Å²) in [7, 11) is 0. The smallest absolute Gasteiger partial charge is 0.359 e. The molecule has 0 aliphatic rings. The van der Waals surface area contributed by atoms with E-state index in [0.29, 0.717) is 72.5 Å². The van der Waals surface area contributed by atoms with Crippen molar-refractivity contribution in [2.75, 3.05) is 0 Å². The quantitative estimate of drug-likeness (QED) is 0.135. The number of halogens is 3. The van der Waals surface area contributed by atoms with Gasteiger partial charge in [-0.3, -0.25) is 25.2 Å². The Kier molecular flexibility index (Phi) is 15.1. The molecule has 7 rings (SSSR count). The van der Waals surface area contributed by atoms with Gasteiger partial charge in [0.15, 0.2) is 17.1 Å². The first-order valence-corrected chi connectivity index (χ1v) is 18.4. The lowest BCUT2D eigenvalue weighted by Gasteiger charge is -2.01. The second-order valence-electron chi connectivity index (χ2n) is 11.3. The van der Waals surface area contributed by atoms with Gasteiger partial charge in [-0.2, -0.15) is 0 Å². The molecule has 6 aromatic heterocycles. The minimum Gasteiger partial charge on any atom is -0.476 e. The number of aromatic nitrogens is 8. The van der Waals surface area contributed by atoms with Crippen LogP contribution in [-0.2, 0) is 4.79 Å². The van der Waals surface area contributed by atoms with Crippen LogP contribution in [0, 0.1) is 41.5 Å². The van der Waals surface area contributed by atoms with Gasteiger partial charge in [0.2, 0.25) is 29.3 Å². The second-order valence-corrected chi connectivity index (χ2v) is 13.7. The van der Waals surface area contributed by atoms with Gasteiger partial charge in [-0.1, -0.05) is 32.8 Å². The number of primary amides is 1. The van der Waals surface area contributed by atoms with E-state index in [4.69, 9.17) is 33.2 Å². The van der Waals surface area contributed by atoms with Crippen LogP contribution < -0.4 is 16.6 Å². The maximum absolute atomic E-state index is 11.3. The van der Waals surface area contributed by atoms with Crippen molar-refractivity contribution in [1.82, 2.24) is 51.9 Å². The minimum atomic E-state index is -1.09. The third-order valence-corrected chi connectivity index (χ3v) is 9.72. The summed E-state index contributed by atoms with van der Waals surface area (Å²) in [6.07, 6.45) is 0. The largest absolute Gasteiger partial charge is 0.476 e. The summed E-state index contributed by atoms with van der Waals surface area (Å²) in [5.74, 6) is 1.40. The van der Waals surface area contributed by atoms with E-state index in [9.17, 15) is 19.2 Å². The van der Waals surface area contributed by atoms with E-state index in [0.717, 1.165) is 15.6 Å². The van der Waals surface area contributed by atoms with Crippen LogP contribution in [0.4, 0.5) is 0 Å². The molecule has 0 radical (unpaired) electrons. The van der Waals surface area contributed by atoms with Crippen LogP contribution in [0.2, 0.25) is 0 Å². The Morgan fingerprint density at radius 1 is 0.621 bits per heavy atom. The number of carboxylic acids is 1. The summed E-state index contributed by atoms with van der Waals surface area (Å²) in [5.41, 5.74) is 12.6. The van der Waals surface area contributed by atoms with Crippen molar-refractivity contribution in [3.63, 3.8) is 0 Å². The van der Waals surface area contributed by atoms with E-state index < -0.39 is 17.8 Å². The lowest BCUT2D eigenvalue weighted by molar-refractivity contribution is -0.119. The van der Waals surface area contributed by atoms with Crippen molar-refractivity contribution in [1.29, 1.82) is 0 Å². The molecule has 0 atom stereocenters. The fourth-order valence-corrected chi connectivity index (χ4v) is 5.09. The fraction of sp³-hybridized carbons (Fsp3) is 0.212. The molecule has 0 aliphatic carbocycles. The van der Waals surface area contributed by atoms with Gasteiger partial charge in [0.1, 0.15) is 23.0 Å². The number of aryl methyl sites for hydroxylation is 6. The van der Waals surface area contributed by atoms with Gasteiger partial charge in [-0.15, -0.1) is 20.4 Å². The summed E-state index contributed by atoms with van der Waals surface area (Å²) in [5, 5.41) is 38.2. The summed E-state index contributed by atoms with van der Waals surface area (Å²) in [4.78, 5) is 43.2. The highest BCUT2D eigenvalue weighted by molar-refractivity contribution is 9.11. The van der Waals surface area contributed by atoms with Crippen LogP contribution in [0.15, 0.2) is 64.6 Å². The monoisotopic (exact) mass is 993 g/mol. The Morgan fingerprint density at radius 2 is 1.09 bits per heavy atom. The van der Waals surface area contributed by atoms with Gasteiger partial charge in [0, 0.05) is 26.3 Å². The predicted molar refractivity (Wildman–Crippen MR) is 206 cm³/mol. The normalized spacial score (nSPS) is 10.3. The zero-order valence-corrected chi connectivity index (χ0v) is 35.9. The van der Waals surface area contributed by atoms with Gasteiger partial charge >= 0.3 is 5.97 Å². The van der Waals surface area contributed by atoms with E-state index in [-0.39, 0.29) is 17.3 Å². The molecule has 0 bridgehead atoms. The molecule has 0 saturated carbocycles. The molecule has 25 heteroatoms. The number of carboxylic acid groups (broad SMARTS) is 1.